The Morgan fingerprint density at radius 3 is 2.82 bits per heavy atom. The van der Waals surface area contributed by atoms with E-state index in [2.05, 4.69) is 38.9 Å². The molecule has 1 atom stereocenters. The van der Waals surface area contributed by atoms with Crippen LogP contribution in [-0.4, -0.2) is 69.2 Å². The lowest BCUT2D eigenvalue weighted by molar-refractivity contribution is -0.111. The Morgan fingerprint density at radius 1 is 1.18 bits per heavy atom. The van der Waals surface area contributed by atoms with Gasteiger partial charge in [-0.1, -0.05) is 18.6 Å². The molecule has 2 amide bonds. The minimum atomic E-state index is -0.195. The van der Waals surface area contributed by atoms with Gasteiger partial charge in [0.15, 0.2) is 0 Å². The number of hydrogen-bond donors (Lipinski definition) is 2. The van der Waals surface area contributed by atoms with Gasteiger partial charge in [-0.25, -0.2) is 14.8 Å². The van der Waals surface area contributed by atoms with Crippen LogP contribution in [0.25, 0.3) is 11.3 Å². The molecule has 39 heavy (non-hydrogen) atoms. The quantitative estimate of drug-likeness (QED) is 0.404. The minimum Gasteiger partial charge on any atom is -0.383 e. The SMILES string of the molecule is COCCn1cc(Nc2nccc(-c3ccc4c(c3)CCCC[C@H]4NC(=O)N3CC(OC(C)(C)C)C3)n2)cn1. The molecule has 5 rings (SSSR count). The number of rotatable bonds is 8. The molecule has 3 aromatic rings. The number of fused-ring (bicyclic) bond motifs is 1. The molecule has 1 aliphatic heterocycles. The van der Waals surface area contributed by atoms with Crippen molar-refractivity contribution in [2.75, 3.05) is 32.1 Å². The van der Waals surface area contributed by atoms with E-state index in [1.807, 2.05) is 42.6 Å². The van der Waals surface area contributed by atoms with E-state index >= 15 is 0 Å². The fraction of sp³-hybridized carbons (Fsp3) is 0.517. The van der Waals surface area contributed by atoms with Crippen molar-refractivity contribution >= 4 is 17.7 Å². The molecule has 10 nitrogen and oxygen atoms in total. The lowest BCUT2D eigenvalue weighted by Gasteiger charge is -2.42. The average molecular weight is 534 g/mol. The Labute approximate surface area is 230 Å². The largest absolute Gasteiger partial charge is 0.383 e. The predicted molar refractivity (Wildman–Crippen MR) is 150 cm³/mol. The topological polar surface area (TPSA) is 106 Å². The van der Waals surface area contributed by atoms with Gasteiger partial charge in [0.25, 0.3) is 0 Å². The summed E-state index contributed by atoms with van der Waals surface area (Å²) in [7, 11) is 1.67. The van der Waals surface area contributed by atoms with Gasteiger partial charge >= 0.3 is 6.03 Å². The van der Waals surface area contributed by atoms with Crippen molar-refractivity contribution in [3.05, 3.63) is 54.0 Å². The molecule has 0 radical (unpaired) electrons. The van der Waals surface area contributed by atoms with Crippen LogP contribution in [0.15, 0.2) is 42.9 Å². The number of benzene rings is 1. The lowest BCUT2D eigenvalue weighted by Crippen LogP contribution is -2.59. The van der Waals surface area contributed by atoms with Crippen molar-refractivity contribution in [3.63, 3.8) is 0 Å². The summed E-state index contributed by atoms with van der Waals surface area (Å²) in [6.07, 6.45) is 9.62. The summed E-state index contributed by atoms with van der Waals surface area (Å²) in [6, 6.07) is 8.37. The molecule has 1 saturated heterocycles. The molecule has 3 heterocycles. The maximum atomic E-state index is 13.0. The van der Waals surface area contributed by atoms with E-state index in [0.29, 0.717) is 32.2 Å². The molecule has 0 spiro atoms. The predicted octanol–water partition coefficient (Wildman–Crippen LogP) is 4.71. The zero-order valence-electron chi connectivity index (χ0n) is 23.3. The van der Waals surface area contributed by atoms with Gasteiger partial charge in [0, 0.05) is 25.1 Å². The third kappa shape index (κ3) is 6.93. The highest BCUT2D eigenvalue weighted by Gasteiger charge is 2.35. The minimum absolute atomic E-state index is 0.00362. The van der Waals surface area contributed by atoms with E-state index in [1.54, 1.807) is 19.5 Å². The first-order valence-corrected chi connectivity index (χ1v) is 13.8. The van der Waals surface area contributed by atoms with Gasteiger partial charge in [-0.2, -0.15) is 5.10 Å². The maximum absolute atomic E-state index is 13.0. The zero-order chi connectivity index (χ0) is 27.4. The van der Waals surface area contributed by atoms with E-state index in [-0.39, 0.29) is 23.8 Å². The molecule has 1 fully saturated rings. The summed E-state index contributed by atoms with van der Waals surface area (Å²) >= 11 is 0. The number of nitrogens with one attached hydrogen (secondary N) is 2. The van der Waals surface area contributed by atoms with Crippen LogP contribution in [0.5, 0.6) is 0 Å². The Bertz CT molecular complexity index is 1280. The second-order valence-electron chi connectivity index (χ2n) is 11.3. The molecule has 0 saturated carbocycles. The number of anilines is 2. The summed E-state index contributed by atoms with van der Waals surface area (Å²) < 4.78 is 12.9. The maximum Gasteiger partial charge on any atom is 0.318 e. The summed E-state index contributed by atoms with van der Waals surface area (Å²) in [5.41, 5.74) is 4.97. The van der Waals surface area contributed by atoms with Crippen molar-refractivity contribution in [1.29, 1.82) is 0 Å². The first-order chi connectivity index (χ1) is 18.8. The molecule has 1 aromatic carbocycles. The fourth-order valence-electron chi connectivity index (χ4n) is 5.15. The van der Waals surface area contributed by atoms with Crippen LogP contribution in [0.3, 0.4) is 0 Å². The van der Waals surface area contributed by atoms with Gasteiger partial charge in [-0.3, -0.25) is 4.68 Å². The first-order valence-electron chi connectivity index (χ1n) is 13.8. The number of methoxy groups -OCH3 is 1. The van der Waals surface area contributed by atoms with Crippen LogP contribution in [-0.2, 0) is 22.4 Å². The van der Waals surface area contributed by atoms with Crippen LogP contribution in [0.4, 0.5) is 16.4 Å². The molecule has 0 unspecified atom stereocenters. The zero-order valence-corrected chi connectivity index (χ0v) is 23.3. The van der Waals surface area contributed by atoms with Crippen LogP contribution >= 0.6 is 0 Å². The monoisotopic (exact) mass is 533 g/mol. The standard InChI is InChI=1S/C29H39N7O3/c1-29(2,3)39-23-18-35(19-23)28(37)34-26-8-6-5-7-20-15-21(9-10-24(20)26)25-11-12-30-27(33-25)32-22-16-31-36(17-22)13-14-38-4/h9-12,15-17,23,26H,5-8,13-14,18-19H2,1-4H3,(H,34,37)(H,30,32,33)/t26-/m1/s1. The molecule has 0 bridgehead atoms. The lowest BCUT2D eigenvalue weighted by atomic mass is 9.95. The van der Waals surface area contributed by atoms with Gasteiger partial charge in [0.05, 0.1) is 61.6 Å². The molecular weight excluding hydrogens is 494 g/mol. The van der Waals surface area contributed by atoms with Gasteiger partial charge in [-0.15, -0.1) is 0 Å². The van der Waals surface area contributed by atoms with Crippen molar-refractivity contribution < 1.29 is 14.3 Å². The Hall–Kier alpha value is -3.50. The van der Waals surface area contributed by atoms with E-state index in [4.69, 9.17) is 14.5 Å². The number of carbonyl (C=O) groups is 1. The smallest absolute Gasteiger partial charge is 0.318 e. The summed E-state index contributed by atoms with van der Waals surface area (Å²) in [5, 5.41) is 10.9. The van der Waals surface area contributed by atoms with Gasteiger partial charge in [-0.05, 0) is 63.3 Å². The number of aromatic nitrogens is 4. The molecule has 1 aliphatic carbocycles. The fourth-order valence-corrected chi connectivity index (χ4v) is 5.15. The number of hydrogen-bond acceptors (Lipinski definition) is 7. The Morgan fingerprint density at radius 2 is 2.03 bits per heavy atom. The number of urea groups is 1. The highest BCUT2D eigenvalue weighted by molar-refractivity contribution is 5.76. The number of aryl methyl sites for hydroxylation is 1. The van der Waals surface area contributed by atoms with Crippen LogP contribution in [0, 0.1) is 0 Å². The van der Waals surface area contributed by atoms with Crippen LogP contribution in [0.2, 0.25) is 0 Å². The van der Waals surface area contributed by atoms with Crippen molar-refractivity contribution in [2.24, 2.45) is 0 Å². The number of nitrogens with zero attached hydrogens (tertiary/aromatic N) is 5. The third-order valence-electron chi connectivity index (χ3n) is 7.03. The van der Waals surface area contributed by atoms with E-state index in [1.165, 1.54) is 11.1 Å². The molecular formula is C29H39N7O3. The van der Waals surface area contributed by atoms with Crippen molar-refractivity contribution in [1.82, 2.24) is 30.0 Å². The first kappa shape index (κ1) is 27.1. The average Bonchev–Trinajstić information content (AvgIpc) is 3.23. The molecule has 208 valence electrons. The van der Waals surface area contributed by atoms with Crippen molar-refractivity contribution in [3.8, 4) is 11.3 Å². The number of likely N-dealkylation sites (tertiary alicyclic amines) is 1. The third-order valence-corrected chi connectivity index (χ3v) is 7.03. The highest BCUT2D eigenvalue weighted by atomic mass is 16.5. The van der Waals surface area contributed by atoms with Gasteiger partial charge < -0.3 is 25.0 Å². The van der Waals surface area contributed by atoms with E-state index in [0.717, 1.165) is 42.6 Å². The number of ether oxygens (including phenoxy) is 2. The highest BCUT2D eigenvalue weighted by Crippen LogP contribution is 2.32. The van der Waals surface area contributed by atoms with E-state index in [9.17, 15) is 4.79 Å². The molecule has 2 N–H and O–H groups in total. The van der Waals surface area contributed by atoms with Crippen LogP contribution < -0.4 is 10.6 Å². The van der Waals surface area contributed by atoms with E-state index < -0.39 is 0 Å². The Kier molecular flexibility index (Phi) is 8.13. The summed E-state index contributed by atoms with van der Waals surface area (Å²) in [4.78, 5) is 24.0. The summed E-state index contributed by atoms with van der Waals surface area (Å²) in [5.74, 6) is 0.516. The normalized spacial score (nSPS) is 17.7. The summed E-state index contributed by atoms with van der Waals surface area (Å²) in [6.45, 7) is 8.70. The molecule has 2 aliphatic rings. The van der Waals surface area contributed by atoms with Gasteiger partial charge in [0.1, 0.15) is 0 Å². The van der Waals surface area contributed by atoms with Crippen molar-refractivity contribution in [2.45, 2.75) is 70.7 Å². The molecule has 10 heteroatoms. The molecule has 2 aromatic heterocycles. The van der Waals surface area contributed by atoms with Crippen LogP contribution in [0.1, 0.15) is 57.2 Å². The number of carbonyl (C=O) groups excluding carboxylic acids is 1. The number of amides is 2. The van der Waals surface area contributed by atoms with Gasteiger partial charge in [0.2, 0.25) is 5.95 Å². The second-order valence-corrected chi connectivity index (χ2v) is 11.3. The Balaban J connectivity index is 1.25. The second kappa shape index (κ2) is 11.7.